The van der Waals surface area contributed by atoms with Gasteiger partial charge in [0.25, 0.3) is 0 Å². The van der Waals surface area contributed by atoms with Gasteiger partial charge in [-0.15, -0.1) is 0 Å². The Balaban J connectivity index is 1.04. The molecule has 0 N–H and O–H groups in total. The molecule has 0 bridgehead atoms. The average Bonchev–Trinajstić information content (AvgIpc) is 3.93. The number of hydrogen-bond donors (Lipinski definition) is 0. The first-order valence-corrected chi connectivity index (χ1v) is 21.5. The zero-order valence-electron chi connectivity index (χ0n) is 33.9. The second-order valence-electron chi connectivity index (χ2n) is 17.9. The van der Waals surface area contributed by atoms with Crippen molar-refractivity contribution in [2.75, 3.05) is 0 Å². The highest BCUT2D eigenvalue weighted by atomic mass is 14.4. The molecule has 0 nitrogen and oxygen atoms in total. The fraction of sp³-hybridized carbons (Fsp3) is 0.100. The summed E-state index contributed by atoms with van der Waals surface area (Å²) in [6.07, 6.45) is 1.90. The summed E-state index contributed by atoms with van der Waals surface area (Å²) in [5, 5.41) is 7.86. The van der Waals surface area contributed by atoms with Gasteiger partial charge in [-0.3, -0.25) is 0 Å². The lowest BCUT2D eigenvalue weighted by Gasteiger charge is -2.26. The third kappa shape index (κ3) is 4.74. The van der Waals surface area contributed by atoms with Crippen LogP contribution in [0.2, 0.25) is 0 Å². The molecule has 0 amide bonds. The van der Waals surface area contributed by atoms with Crippen LogP contribution in [-0.4, -0.2) is 0 Å². The van der Waals surface area contributed by atoms with Crippen molar-refractivity contribution >= 4 is 32.3 Å². The average molecular weight is 763 g/mol. The van der Waals surface area contributed by atoms with Gasteiger partial charge in [-0.1, -0.05) is 184 Å². The van der Waals surface area contributed by atoms with E-state index in [2.05, 4.69) is 202 Å². The van der Waals surface area contributed by atoms with Crippen LogP contribution in [0.3, 0.4) is 0 Å². The summed E-state index contributed by atoms with van der Waals surface area (Å²) in [5.41, 5.74) is 23.5. The Kier molecular flexibility index (Phi) is 7.06. The standard InChI is InChI=1S/C60H42/c1-60(2)56-25-12-11-22-48(56)49-29-28-41(35-57(49)60)58(54-32-37-15-4-6-17-42(37)45-20-9-10-21-47(45)54)40-27-26-39-33-55-53(51(39)34-40)31-38-16-5-8-19-44(38)59(55)50-24-13-23-46-43-18-7-3-14-36(43)30-52(46)50/h3-29,31-32,34-35,58H,30,33H2,1-2H3. The van der Waals surface area contributed by atoms with Gasteiger partial charge in [0.05, 0.1) is 0 Å². The molecule has 282 valence electrons. The van der Waals surface area contributed by atoms with Crippen LogP contribution >= 0.6 is 0 Å². The summed E-state index contributed by atoms with van der Waals surface area (Å²) in [7, 11) is 0. The quantitative estimate of drug-likeness (QED) is 0.124. The molecule has 10 aromatic carbocycles. The third-order valence-electron chi connectivity index (χ3n) is 14.5. The van der Waals surface area contributed by atoms with Crippen molar-refractivity contribution < 1.29 is 0 Å². The molecule has 1 atom stereocenters. The maximum atomic E-state index is 2.56. The highest BCUT2D eigenvalue weighted by molar-refractivity contribution is 6.10. The van der Waals surface area contributed by atoms with E-state index in [1.807, 2.05) is 0 Å². The molecule has 3 aliphatic rings. The van der Waals surface area contributed by atoms with Gasteiger partial charge in [0, 0.05) is 11.3 Å². The van der Waals surface area contributed by atoms with E-state index in [1.54, 1.807) is 0 Å². The van der Waals surface area contributed by atoms with E-state index in [0.717, 1.165) is 12.8 Å². The highest BCUT2D eigenvalue weighted by Gasteiger charge is 2.36. The molecule has 0 heteroatoms. The molecular formula is C60H42. The van der Waals surface area contributed by atoms with Crippen LogP contribution in [0.15, 0.2) is 188 Å². The van der Waals surface area contributed by atoms with E-state index in [0.29, 0.717) is 0 Å². The van der Waals surface area contributed by atoms with E-state index in [9.17, 15) is 0 Å². The second kappa shape index (κ2) is 12.5. The van der Waals surface area contributed by atoms with E-state index >= 15 is 0 Å². The molecule has 0 radical (unpaired) electrons. The SMILES string of the molecule is CC1(C)c2ccccc2-c2ccc(C(c3ccc4c(c3)-c3cc5ccccc5c(-c5cccc6c5Cc5ccccc5-6)c3C4)c3cc4ccccc4c4ccccc34)cc21. The largest absolute Gasteiger partial charge is 0.0619 e. The van der Waals surface area contributed by atoms with Crippen molar-refractivity contribution in [1.29, 1.82) is 0 Å². The van der Waals surface area contributed by atoms with Crippen molar-refractivity contribution in [3.8, 4) is 44.5 Å². The molecule has 0 heterocycles. The number of benzene rings is 10. The fourth-order valence-electron chi connectivity index (χ4n) is 11.7. The number of rotatable bonds is 4. The van der Waals surface area contributed by atoms with Crippen LogP contribution in [-0.2, 0) is 18.3 Å². The molecule has 0 saturated carbocycles. The van der Waals surface area contributed by atoms with Crippen molar-refractivity contribution in [2.45, 2.75) is 38.0 Å². The Bertz CT molecular complexity index is 3470. The summed E-state index contributed by atoms with van der Waals surface area (Å²) >= 11 is 0. The summed E-state index contributed by atoms with van der Waals surface area (Å²) in [6, 6.07) is 71.8. The summed E-state index contributed by atoms with van der Waals surface area (Å²) in [4.78, 5) is 0. The molecule has 0 aliphatic heterocycles. The van der Waals surface area contributed by atoms with Gasteiger partial charge in [0.2, 0.25) is 0 Å². The fourth-order valence-corrected chi connectivity index (χ4v) is 11.7. The molecule has 3 aliphatic carbocycles. The minimum absolute atomic E-state index is 0.0227. The van der Waals surface area contributed by atoms with E-state index in [1.165, 1.54) is 127 Å². The maximum Gasteiger partial charge on any atom is 0.0346 e. The van der Waals surface area contributed by atoms with Gasteiger partial charge in [-0.05, 0) is 158 Å². The minimum atomic E-state index is -0.0920. The first kappa shape index (κ1) is 33.9. The number of fused-ring (bicyclic) bond motifs is 13. The van der Waals surface area contributed by atoms with Crippen LogP contribution in [0.4, 0.5) is 0 Å². The number of hydrogen-bond acceptors (Lipinski definition) is 0. The van der Waals surface area contributed by atoms with Gasteiger partial charge in [0.1, 0.15) is 0 Å². The summed E-state index contributed by atoms with van der Waals surface area (Å²) in [5.74, 6) is 0.0227. The van der Waals surface area contributed by atoms with Crippen molar-refractivity contribution in [3.05, 3.63) is 238 Å². The van der Waals surface area contributed by atoms with Gasteiger partial charge in [-0.2, -0.15) is 0 Å². The van der Waals surface area contributed by atoms with Gasteiger partial charge >= 0.3 is 0 Å². The molecule has 0 spiro atoms. The predicted octanol–water partition coefficient (Wildman–Crippen LogP) is 15.4. The van der Waals surface area contributed by atoms with Crippen LogP contribution in [0.25, 0.3) is 76.8 Å². The Labute approximate surface area is 351 Å². The minimum Gasteiger partial charge on any atom is -0.0619 e. The van der Waals surface area contributed by atoms with Crippen LogP contribution in [0.5, 0.6) is 0 Å². The summed E-state index contributed by atoms with van der Waals surface area (Å²) in [6.45, 7) is 4.80. The zero-order chi connectivity index (χ0) is 39.7. The monoisotopic (exact) mass is 762 g/mol. The van der Waals surface area contributed by atoms with Crippen molar-refractivity contribution in [2.24, 2.45) is 0 Å². The van der Waals surface area contributed by atoms with E-state index in [4.69, 9.17) is 0 Å². The highest BCUT2D eigenvalue weighted by Crippen LogP contribution is 2.53. The molecule has 10 aromatic rings. The Morgan fingerprint density at radius 3 is 1.83 bits per heavy atom. The molecule has 0 fully saturated rings. The summed E-state index contributed by atoms with van der Waals surface area (Å²) < 4.78 is 0. The van der Waals surface area contributed by atoms with E-state index in [-0.39, 0.29) is 11.3 Å². The Morgan fingerprint density at radius 2 is 0.967 bits per heavy atom. The normalized spacial score (nSPS) is 14.4. The smallest absolute Gasteiger partial charge is 0.0346 e. The molecule has 0 aromatic heterocycles. The lowest BCUT2D eigenvalue weighted by atomic mass is 9.77. The van der Waals surface area contributed by atoms with Crippen LogP contribution < -0.4 is 0 Å². The second-order valence-corrected chi connectivity index (χ2v) is 17.9. The van der Waals surface area contributed by atoms with Crippen molar-refractivity contribution in [3.63, 3.8) is 0 Å². The maximum absolute atomic E-state index is 2.56. The van der Waals surface area contributed by atoms with E-state index < -0.39 is 0 Å². The van der Waals surface area contributed by atoms with Crippen LogP contribution in [0, 0.1) is 0 Å². The molecule has 1 unspecified atom stereocenters. The lowest BCUT2D eigenvalue weighted by molar-refractivity contribution is 0.659. The molecule has 0 saturated heterocycles. The Hall–Kier alpha value is -7.02. The van der Waals surface area contributed by atoms with Crippen molar-refractivity contribution in [1.82, 2.24) is 0 Å². The lowest BCUT2D eigenvalue weighted by Crippen LogP contribution is -2.16. The topological polar surface area (TPSA) is 0 Å². The third-order valence-corrected chi connectivity index (χ3v) is 14.5. The van der Waals surface area contributed by atoms with Crippen LogP contribution in [0.1, 0.15) is 69.8 Å². The van der Waals surface area contributed by atoms with Gasteiger partial charge < -0.3 is 0 Å². The van der Waals surface area contributed by atoms with Gasteiger partial charge in [0.15, 0.2) is 0 Å². The molecule has 60 heavy (non-hydrogen) atoms. The zero-order valence-corrected chi connectivity index (χ0v) is 33.9. The Morgan fingerprint density at radius 1 is 0.367 bits per heavy atom. The molecular weight excluding hydrogens is 721 g/mol. The molecule has 13 rings (SSSR count). The predicted molar refractivity (Wildman–Crippen MR) is 252 cm³/mol. The first-order valence-electron chi connectivity index (χ1n) is 21.5. The first-order chi connectivity index (χ1) is 29.5. The van der Waals surface area contributed by atoms with Gasteiger partial charge in [-0.25, -0.2) is 0 Å².